The lowest BCUT2D eigenvalue weighted by atomic mass is 10.0. The van der Waals surface area contributed by atoms with Gasteiger partial charge < -0.3 is 16.0 Å². The van der Waals surface area contributed by atoms with Crippen molar-refractivity contribution in [3.05, 3.63) is 57.3 Å². The number of nitrogen functional groups attached to an aromatic ring is 1. The number of carbonyl (C=O) groups is 1. The highest BCUT2D eigenvalue weighted by atomic mass is 19.1. The summed E-state index contributed by atoms with van der Waals surface area (Å²) >= 11 is 0. The number of hydrogen-bond donors (Lipinski definition) is 4. The molecule has 2 aromatic heterocycles. The zero-order valence-corrected chi connectivity index (χ0v) is 15.2. The third-order valence-corrected chi connectivity index (χ3v) is 4.27. The van der Waals surface area contributed by atoms with E-state index in [1.807, 2.05) is 13.8 Å². The second-order valence-electron chi connectivity index (χ2n) is 6.91. The summed E-state index contributed by atoms with van der Waals surface area (Å²) in [5, 5.41) is 3.16. The molecule has 0 atom stereocenters. The standard InChI is InChI=1S/C19H22FN5O2/c1-10(2)8-23-17(26)13-6-4-11(7-14(13)20)3-5-12-9-22-16-15(12)18(27)25-19(21)24-16/h4,6-7,9-10H,3,5,8H2,1-2H3,(H,23,26)(H4,21,22,24,25,27). The fourth-order valence-corrected chi connectivity index (χ4v) is 2.89. The van der Waals surface area contributed by atoms with Gasteiger partial charge in [-0.15, -0.1) is 0 Å². The molecule has 0 fully saturated rings. The lowest BCUT2D eigenvalue weighted by Gasteiger charge is -2.09. The summed E-state index contributed by atoms with van der Waals surface area (Å²) in [7, 11) is 0. The minimum absolute atomic E-state index is 0.0302. The number of H-pyrrole nitrogens is 2. The van der Waals surface area contributed by atoms with Gasteiger partial charge in [-0.1, -0.05) is 19.9 Å². The number of carbonyl (C=O) groups excluding carboxylic acids is 1. The number of nitrogens with zero attached hydrogens (tertiary/aromatic N) is 1. The molecule has 7 nitrogen and oxygen atoms in total. The molecular weight excluding hydrogens is 349 g/mol. The SMILES string of the molecule is CC(C)CNC(=O)c1ccc(CCc2c[nH]c3nc(N)[nH]c(=O)c23)cc1F. The summed E-state index contributed by atoms with van der Waals surface area (Å²) in [6, 6.07) is 4.58. The number of aromatic nitrogens is 3. The van der Waals surface area contributed by atoms with Gasteiger partial charge in [0, 0.05) is 12.7 Å². The van der Waals surface area contributed by atoms with Crippen LogP contribution in [0.15, 0.2) is 29.2 Å². The number of aryl methyl sites for hydroxylation is 2. The Morgan fingerprint density at radius 1 is 1.33 bits per heavy atom. The van der Waals surface area contributed by atoms with Crippen molar-refractivity contribution < 1.29 is 9.18 Å². The van der Waals surface area contributed by atoms with E-state index < -0.39 is 11.7 Å². The molecule has 3 rings (SSSR count). The molecule has 27 heavy (non-hydrogen) atoms. The molecule has 1 aromatic carbocycles. The molecule has 0 saturated carbocycles. The van der Waals surface area contributed by atoms with Crippen molar-refractivity contribution in [3.8, 4) is 0 Å². The summed E-state index contributed by atoms with van der Waals surface area (Å²) in [4.78, 5) is 33.6. The van der Waals surface area contributed by atoms with Crippen LogP contribution in [0.1, 0.15) is 35.3 Å². The molecule has 0 aliphatic rings. The fourth-order valence-electron chi connectivity index (χ4n) is 2.89. The van der Waals surface area contributed by atoms with Gasteiger partial charge in [0.15, 0.2) is 0 Å². The van der Waals surface area contributed by atoms with E-state index in [1.165, 1.54) is 12.1 Å². The number of nitrogens with one attached hydrogen (secondary N) is 3. The Hall–Kier alpha value is -3.16. The molecule has 0 bridgehead atoms. The number of nitrogens with two attached hydrogens (primary N) is 1. The number of halogens is 1. The van der Waals surface area contributed by atoms with Crippen molar-refractivity contribution in [2.45, 2.75) is 26.7 Å². The second kappa shape index (κ2) is 7.61. The number of fused-ring (bicyclic) bond motifs is 1. The highest BCUT2D eigenvalue weighted by Crippen LogP contribution is 2.17. The molecule has 2 heterocycles. The second-order valence-corrected chi connectivity index (χ2v) is 6.91. The predicted molar refractivity (Wildman–Crippen MR) is 102 cm³/mol. The molecule has 3 aromatic rings. The van der Waals surface area contributed by atoms with E-state index in [2.05, 4.69) is 20.3 Å². The summed E-state index contributed by atoms with van der Waals surface area (Å²) < 4.78 is 14.3. The average molecular weight is 371 g/mol. The van der Waals surface area contributed by atoms with E-state index >= 15 is 0 Å². The quantitative estimate of drug-likeness (QED) is 0.531. The van der Waals surface area contributed by atoms with E-state index in [0.717, 1.165) is 11.1 Å². The van der Waals surface area contributed by atoms with Crippen molar-refractivity contribution in [1.29, 1.82) is 0 Å². The minimum Gasteiger partial charge on any atom is -0.369 e. The van der Waals surface area contributed by atoms with Crippen molar-refractivity contribution in [2.75, 3.05) is 12.3 Å². The summed E-state index contributed by atoms with van der Waals surface area (Å²) in [5.41, 5.74) is 7.19. The van der Waals surface area contributed by atoms with Gasteiger partial charge in [0.25, 0.3) is 11.5 Å². The van der Waals surface area contributed by atoms with Crippen LogP contribution >= 0.6 is 0 Å². The molecule has 5 N–H and O–H groups in total. The number of amides is 1. The van der Waals surface area contributed by atoms with E-state index in [-0.39, 0.29) is 17.1 Å². The highest BCUT2D eigenvalue weighted by molar-refractivity contribution is 5.94. The Bertz CT molecular complexity index is 1040. The predicted octanol–water partition coefficient (Wildman–Crippen LogP) is 2.14. The highest BCUT2D eigenvalue weighted by Gasteiger charge is 2.14. The van der Waals surface area contributed by atoms with Crippen LogP contribution in [0, 0.1) is 11.7 Å². The van der Waals surface area contributed by atoms with Crippen LogP contribution in [-0.2, 0) is 12.8 Å². The first-order chi connectivity index (χ1) is 12.8. The van der Waals surface area contributed by atoms with Crippen molar-refractivity contribution >= 4 is 22.9 Å². The van der Waals surface area contributed by atoms with E-state index in [4.69, 9.17) is 5.73 Å². The molecule has 1 amide bonds. The maximum Gasteiger partial charge on any atom is 0.262 e. The number of rotatable bonds is 6. The molecule has 0 spiro atoms. The lowest BCUT2D eigenvalue weighted by Crippen LogP contribution is -2.28. The Morgan fingerprint density at radius 2 is 2.11 bits per heavy atom. The van der Waals surface area contributed by atoms with Crippen LogP contribution in [-0.4, -0.2) is 27.4 Å². The first-order valence-corrected chi connectivity index (χ1v) is 8.77. The van der Waals surface area contributed by atoms with Crippen LogP contribution in [0.3, 0.4) is 0 Å². The third kappa shape index (κ3) is 4.16. The maximum atomic E-state index is 14.3. The van der Waals surface area contributed by atoms with Crippen molar-refractivity contribution in [3.63, 3.8) is 0 Å². The molecule has 142 valence electrons. The molecule has 0 radical (unpaired) electrons. The zero-order chi connectivity index (χ0) is 19.6. The molecule has 0 aliphatic heterocycles. The Balaban J connectivity index is 1.73. The number of hydrogen-bond acceptors (Lipinski definition) is 4. The van der Waals surface area contributed by atoms with Crippen molar-refractivity contribution in [2.24, 2.45) is 5.92 Å². The summed E-state index contributed by atoms with van der Waals surface area (Å²) in [5.74, 6) is -0.630. The van der Waals surface area contributed by atoms with Gasteiger partial charge in [-0.2, -0.15) is 4.98 Å². The van der Waals surface area contributed by atoms with E-state index in [1.54, 1.807) is 12.3 Å². The molecule has 0 aliphatic carbocycles. The summed E-state index contributed by atoms with van der Waals surface area (Å²) in [6.45, 7) is 4.44. The van der Waals surface area contributed by atoms with Gasteiger partial charge in [0.2, 0.25) is 5.95 Å². The van der Waals surface area contributed by atoms with Gasteiger partial charge in [0.05, 0.1) is 10.9 Å². The van der Waals surface area contributed by atoms with Gasteiger partial charge in [0.1, 0.15) is 11.5 Å². The Kier molecular flexibility index (Phi) is 5.25. The van der Waals surface area contributed by atoms with Crippen LogP contribution < -0.4 is 16.6 Å². The number of aromatic amines is 2. The third-order valence-electron chi connectivity index (χ3n) is 4.27. The normalized spacial score (nSPS) is 11.3. The largest absolute Gasteiger partial charge is 0.369 e. The van der Waals surface area contributed by atoms with Gasteiger partial charge in [-0.3, -0.25) is 14.6 Å². The van der Waals surface area contributed by atoms with Crippen LogP contribution in [0.4, 0.5) is 10.3 Å². The fraction of sp³-hybridized carbons (Fsp3) is 0.316. The molecule has 8 heteroatoms. The first-order valence-electron chi connectivity index (χ1n) is 8.77. The Labute approximate surface area is 155 Å². The van der Waals surface area contributed by atoms with E-state index in [9.17, 15) is 14.0 Å². The number of benzene rings is 1. The smallest absolute Gasteiger partial charge is 0.262 e. The van der Waals surface area contributed by atoms with Crippen molar-refractivity contribution in [1.82, 2.24) is 20.3 Å². The molecule has 0 unspecified atom stereocenters. The average Bonchev–Trinajstić information content (AvgIpc) is 3.01. The van der Waals surface area contributed by atoms with Gasteiger partial charge in [-0.25, -0.2) is 4.39 Å². The minimum atomic E-state index is -0.556. The lowest BCUT2D eigenvalue weighted by molar-refractivity contribution is 0.0945. The topological polar surface area (TPSA) is 117 Å². The van der Waals surface area contributed by atoms with E-state index in [0.29, 0.717) is 36.3 Å². The summed E-state index contributed by atoms with van der Waals surface area (Å²) in [6.07, 6.45) is 2.74. The van der Waals surface area contributed by atoms with Crippen LogP contribution in [0.5, 0.6) is 0 Å². The van der Waals surface area contributed by atoms with Crippen LogP contribution in [0.25, 0.3) is 11.0 Å². The van der Waals surface area contributed by atoms with Gasteiger partial charge in [-0.05, 0) is 42.0 Å². The van der Waals surface area contributed by atoms with Crippen LogP contribution in [0.2, 0.25) is 0 Å². The molecule has 0 saturated heterocycles. The first kappa shape index (κ1) is 18.6. The maximum absolute atomic E-state index is 14.3. The zero-order valence-electron chi connectivity index (χ0n) is 15.2. The molecular formula is C19H22FN5O2. The number of anilines is 1. The Morgan fingerprint density at radius 3 is 2.81 bits per heavy atom. The van der Waals surface area contributed by atoms with Gasteiger partial charge >= 0.3 is 0 Å². The monoisotopic (exact) mass is 371 g/mol.